The molecule has 2 atom stereocenters. The van der Waals surface area contributed by atoms with Crippen molar-refractivity contribution in [2.45, 2.75) is 31.3 Å². The fourth-order valence-corrected chi connectivity index (χ4v) is 3.52. The molecule has 0 aliphatic carbocycles. The van der Waals surface area contributed by atoms with Gasteiger partial charge in [-0.1, -0.05) is 0 Å². The van der Waals surface area contributed by atoms with Crippen molar-refractivity contribution in [3.05, 3.63) is 0 Å². The molecular weight excluding hydrogens is 230 g/mol. The molecular formula is C13H23N3O2. The number of nitrogens with one attached hydrogen (secondary N) is 1. The second kappa shape index (κ2) is 5.05. The van der Waals surface area contributed by atoms with Crippen molar-refractivity contribution in [2.24, 2.45) is 5.92 Å². The summed E-state index contributed by atoms with van der Waals surface area (Å²) in [7, 11) is 1.96. The molecule has 3 aliphatic rings. The molecule has 0 bridgehead atoms. The predicted molar refractivity (Wildman–Crippen MR) is 68.5 cm³/mol. The van der Waals surface area contributed by atoms with Crippen LogP contribution in [0.25, 0.3) is 0 Å². The summed E-state index contributed by atoms with van der Waals surface area (Å²) < 4.78 is 5.42. The average molecular weight is 253 g/mol. The van der Waals surface area contributed by atoms with E-state index in [1.165, 1.54) is 0 Å². The summed E-state index contributed by atoms with van der Waals surface area (Å²) in [5, 5.41) is 3.35. The molecule has 5 nitrogen and oxygen atoms in total. The molecule has 18 heavy (non-hydrogen) atoms. The number of urea groups is 1. The van der Waals surface area contributed by atoms with Gasteiger partial charge in [0.15, 0.2) is 0 Å². The van der Waals surface area contributed by atoms with Crippen LogP contribution in [-0.4, -0.2) is 67.8 Å². The first kappa shape index (κ1) is 12.2. The van der Waals surface area contributed by atoms with E-state index in [4.69, 9.17) is 4.74 Å². The Morgan fingerprint density at radius 2 is 2.06 bits per heavy atom. The van der Waals surface area contributed by atoms with E-state index in [1.54, 1.807) is 0 Å². The molecule has 3 saturated heterocycles. The lowest BCUT2D eigenvalue weighted by Gasteiger charge is -2.30. The predicted octanol–water partition coefficient (Wildman–Crippen LogP) is 0.511. The van der Waals surface area contributed by atoms with Gasteiger partial charge in [0.1, 0.15) is 0 Å². The largest absolute Gasteiger partial charge is 0.381 e. The van der Waals surface area contributed by atoms with E-state index in [0.717, 1.165) is 52.1 Å². The van der Waals surface area contributed by atoms with Gasteiger partial charge in [-0.3, -0.25) is 0 Å². The first-order valence-electron chi connectivity index (χ1n) is 7.09. The number of amides is 2. The fraction of sp³-hybridized carbons (Fsp3) is 0.923. The van der Waals surface area contributed by atoms with Crippen LogP contribution in [0.15, 0.2) is 0 Å². The molecule has 0 saturated carbocycles. The van der Waals surface area contributed by atoms with Crippen molar-refractivity contribution in [2.75, 3.05) is 39.9 Å². The van der Waals surface area contributed by atoms with Crippen molar-refractivity contribution in [3.63, 3.8) is 0 Å². The van der Waals surface area contributed by atoms with Crippen LogP contribution in [0, 0.1) is 5.92 Å². The summed E-state index contributed by atoms with van der Waals surface area (Å²) in [6.07, 6.45) is 3.29. The lowest BCUT2D eigenvalue weighted by molar-refractivity contribution is 0.0450. The monoisotopic (exact) mass is 253 g/mol. The van der Waals surface area contributed by atoms with Crippen LogP contribution in [0.2, 0.25) is 0 Å². The maximum atomic E-state index is 12.3. The second-order valence-electron chi connectivity index (χ2n) is 5.71. The number of rotatable bonds is 2. The number of ether oxygens (including phenoxy) is 1. The molecule has 3 rings (SSSR count). The molecule has 5 heteroatoms. The normalized spacial score (nSPS) is 34.6. The van der Waals surface area contributed by atoms with E-state index < -0.39 is 0 Å². The van der Waals surface area contributed by atoms with E-state index in [9.17, 15) is 4.79 Å². The Hall–Kier alpha value is -0.810. The van der Waals surface area contributed by atoms with Crippen molar-refractivity contribution >= 4 is 6.03 Å². The van der Waals surface area contributed by atoms with E-state index >= 15 is 0 Å². The van der Waals surface area contributed by atoms with Crippen LogP contribution >= 0.6 is 0 Å². The van der Waals surface area contributed by atoms with Gasteiger partial charge in [0.05, 0.1) is 6.04 Å². The molecule has 3 heterocycles. The third-order valence-electron chi connectivity index (χ3n) is 4.71. The number of likely N-dealkylation sites (N-methyl/N-ethyl adjacent to an activating group) is 1. The summed E-state index contributed by atoms with van der Waals surface area (Å²) in [6, 6.07) is 1.02. The Morgan fingerprint density at radius 1 is 1.28 bits per heavy atom. The topological polar surface area (TPSA) is 44.8 Å². The van der Waals surface area contributed by atoms with Crippen LogP contribution in [0.3, 0.4) is 0 Å². The van der Waals surface area contributed by atoms with Crippen LogP contribution in [0.1, 0.15) is 19.3 Å². The zero-order valence-electron chi connectivity index (χ0n) is 11.1. The maximum absolute atomic E-state index is 12.3. The molecule has 0 radical (unpaired) electrons. The van der Waals surface area contributed by atoms with Gasteiger partial charge in [0.2, 0.25) is 0 Å². The van der Waals surface area contributed by atoms with Gasteiger partial charge in [0, 0.05) is 39.4 Å². The molecule has 2 unspecified atom stereocenters. The number of hydrogen-bond donors (Lipinski definition) is 1. The molecule has 2 amide bonds. The van der Waals surface area contributed by atoms with E-state index in [0.29, 0.717) is 18.0 Å². The van der Waals surface area contributed by atoms with Gasteiger partial charge in [0.25, 0.3) is 0 Å². The Labute approximate surface area is 108 Å². The number of carbonyl (C=O) groups is 1. The zero-order chi connectivity index (χ0) is 12.5. The lowest BCUT2D eigenvalue weighted by atomic mass is 9.91. The highest BCUT2D eigenvalue weighted by molar-refractivity contribution is 5.77. The minimum absolute atomic E-state index is 0.222. The van der Waals surface area contributed by atoms with Crippen molar-refractivity contribution in [1.29, 1.82) is 0 Å². The van der Waals surface area contributed by atoms with Crippen LogP contribution in [0.4, 0.5) is 4.79 Å². The Balaban J connectivity index is 1.67. The van der Waals surface area contributed by atoms with Gasteiger partial charge < -0.3 is 19.9 Å². The zero-order valence-corrected chi connectivity index (χ0v) is 11.1. The lowest BCUT2D eigenvalue weighted by Crippen LogP contribution is -2.39. The quantitative estimate of drug-likeness (QED) is 0.780. The molecule has 0 aromatic heterocycles. The highest BCUT2D eigenvalue weighted by atomic mass is 16.5. The summed E-state index contributed by atoms with van der Waals surface area (Å²) in [6.45, 7) is 4.62. The Kier molecular flexibility index (Phi) is 3.43. The summed E-state index contributed by atoms with van der Waals surface area (Å²) in [5.41, 5.74) is 0. The third kappa shape index (κ3) is 2.10. The molecule has 0 spiro atoms. The highest BCUT2D eigenvalue weighted by Gasteiger charge is 2.42. The molecule has 3 aliphatic heterocycles. The van der Waals surface area contributed by atoms with Crippen molar-refractivity contribution < 1.29 is 9.53 Å². The van der Waals surface area contributed by atoms with Gasteiger partial charge >= 0.3 is 6.03 Å². The van der Waals surface area contributed by atoms with Gasteiger partial charge in [-0.25, -0.2) is 4.79 Å². The van der Waals surface area contributed by atoms with E-state index in [2.05, 4.69) is 10.2 Å². The molecule has 1 N–H and O–H groups in total. The van der Waals surface area contributed by atoms with Crippen LogP contribution in [-0.2, 0) is 4.74 Å². The molecule has 0 aromatic carbocycles. The maximum Gasteiger partial charge on any atom is 0.320 e. The smallest absolute Gasteiger partial charge is 0.320 e. The summed E-state index contributed by atoms with van der Waals surface area (Å²) in [5.74, 6) is 0.618. The standard InChI is InChI=1S/C13H23N3O2/c1-15-12(10-3-6-18-7-4-10)9-16(13(15)17)11-2-5-14-8-11/h10-12,14H,2-9H2,1H3. The van der Waals surface area contributed by atoms with Gasteiger partial charge in [-0.05, 0) is 31.7 Å². The number of hydrogen-bond acceptors (Lipinski definition) is 3. The van der Waals surface area contributed by atoms with Crippen LogP contribution < -0.4 is 5.32 Å². The molecule has 3 fully saturated rings. The minimum atomic E-state index is 0.222. The van der Waals surface area contributed by atoms with Crippen molar-refractivity contribution in [3.8, 4) is 0 Å². The average Bonchev–Trinajstić information content (AvgIpc) is 3.01. The van der Waals surface area contributed by atoms with E-state index in [1.807, 2.05) is 11.9 Å². The van der Waals surface area contributed by atoms with Crippen LogP contribution in [0.5, 0.6) is 0 Å². The third-order valence-corrected chi connectivity index (χ3v) is 4.71. The fourth-order valence-electron chi connectivity index (χ4n) is 3.52. The second-order valence-corrected chi connectivity index (χ2v) is 5.71. The molecule has 0 aromatic rings. The highest BCUT2D eigenvalue weighted by Crippen LogP contribution is 2.29. The summed E-state index contributed by atoms with van der Waals surface area (Å²) >= 11 is 0. The Morgan fingerprint density at radius 3 is 2.72 bits per heavy atom. The molecule has 102 valence electrons. The first-order valence-corrected chi connectivity index (χ1v) is 7.09. The minimum Gasteiger partial charge on any atom is -0.381 e. The number of nitrogens with zero attached hydrogens (tertiary/aromatic N) is 2. The van der Waals surface area contributed by atoms with Gasteiger partial charge in [-0.15, -0.1) is 0 Å². The SMILES string of the molecule is CN1C(=O)N(C2CCNC2)CC1C1CCOCC1. The van der Waals surface area contributed by atoms with Gasteiger partial charge in [-0.2, -0.15) is 0 Å². The van der Waals surface area contributed by atoms with Crippen molar-refractivity contribution in [1.82, 2.24) is 15.1 Å². The first-order chi connectivity index (χ1) is 8.77. The Bertz CT molecular complexity index is 311. The summed E-state index contributed by atoms with van der Waals surface area (Å²) in [4.78, 5) is 16.4. The van der Waals surface area contributed by atoms with E-state index in [-0.39, 0.29) is 6.03 Å². The number of carbonyl (C=O) groups excluding carboxylic acids is 1.